The van der Waals surface area contributed by atoms with Gasteiger partial charge in [-0.2, -0.15) is 0 Å². The van der Waals surface area contributed by atoms with E-state index in [1.807, 2.05) is 18.2 Å². The van der Waals surface area contributed by atoms with E-state index in [0.29, 0.717) is 31.5 Å². The quantitative estimate of drug-likeness (QED) is 0.0176. The van der Waals surface area contributed by atoms with Gasteiger partial charge in [0.2, 0.25) is 0 Å². The Morgan fingerprint density at radius 2 is 1.05 bits per heavy atom. The van der Waals surface area contributed by atoms with Crippen LogP contribution < -0.4 is 5.73 Å². The first kappa shape index (κ1) is 55.1. The number of carbonyl (C=O) groups excluding carboxylic acids is 2. The molecule has 0 spiro atoms. The molecule has 1 aliphatic rings. The molecule has 1 aliphatic heterocycles. The molecule has 0 amide bonds. The molecule has 0 aliphatic carbocycles. The summed E-state index contributed by atoms with van der Waals surface area (Å²) in [7, 11) is -4.76. The third-order valence-corrected chi connectivity index (χ3v) is 9.88. The molecule has 4 N–H and O–H groups in total. The van der Waals surface area contributed by atoms with E-state index >= 15 is 0 Å². The summed E-state index contributed by atoms with van der Waals surface area (Å²) in [5.41, 5.74) is 5.33. The molecule has 0 radical (unpaired) electrons. The summed E-state index contributed by atoms with van der Waals surface area (Å²) >= 11 is 0. The summed E-state index contributed by atoms with van der Waals surface area (Å²) in [5.74, 6) is -2.54. The highest BCUT2D eigenvalue weighted by Crippen LogP contribution is 2.43. The first-order valence-corrected chi connectivity index (χ1v) is 23.5. The first-order valence-electron chi connectivity index (χ1n) is 22.0. The van der Waals surface area contributed by atoms with E-state index in [9.17, 15) is 23.8 Å². The molecule has 5 atom stereocenters. The van der Waals surface area contributed by atoms with Gasteiger partial charge < -0.3 is 29.9 Å². The number of nitrogens with two attached hydrogens (primary N) is 1. The Balaban J connectivity index is 2.36. The molecule has 1 heterocycles. The lowest BCUT2D eigenvalue weighted by molar-refractivity contribution is -0.161. The van der Waals surface area contributed by atoms with Gasteiger partial charge in [0.05, 0.1) is 25.4 Å². The van der Waals surface area contributed by atoms with Gasteiger partial charge in [-0.25, -0.2) is 4.57 Å². The van der Waals surface area contributed by atoms with Crippen LogP contribution in [0.15, 0.2) is 109 Å². The lowest BCUT2D eigenvalue weighted by Crippen LogP contribution is -2.34. The molecule has 0 aromatic heterocycles. The first-order chi connectivity index (χ1) is 29.6. The van der Waals surface area contributed by atoms with Crippen molar-refractivity contribution < 1.29 is 52.2 Å². The Morgan fingerprint density at radius 3 is 1.61 bits per heavy atom. The maximum atomic E-state index is 12.6. The number of ether oxygens (including phenoxy) is 3. The molecular weight excluding hydrogens is 797 g/mol. The average Bonchev–Trinajstić information content (AvgIpc) is 3.99. The number of hydrogen-bond acceptors (Lipinski definition) is 10. The zero-order chi connectivity index (χ0) is 44.7. The van der Waals surface area contributed by atoms with Crippen molar-refractivity contribution in [2.24, 2.45) is 5.73 Å². The normalized spacial score (nSPS) is 18.0. The summed E-state index contributed by atoms with van der Waals surface area (Å²) in [5, 5.41) is 8.90. The molecule has 0 saturated carbocycles. The van der Waals surface area contributed by atoms with Gasteiger partial charge in [0.1, 0.15) is 12.6 Å². The zero-order valence-corrected chi connectivity index (χ0v) is 37.5. The van der Waals surface area contributed by atoms with Gasteiger partial charge in [-0.15, -0.1) is 0 Å². The number of phosphoric acid groups is 1. The van der Waals surface area contributed by atoms with Gasteiger partial charge in [-0.3, -0.25) is 23.4 Å². The molecule has 342 valence electrons. The predicted molar refractivity (Wildman–Crippen MR) is 244 cm³/mol. The summed E-state index contributed by atoms with van der Waals surface area (Å²) in [6, 6.07) is -1.55. The number of aliphatic carboxylic acids is 1. The lowest BCUT2D eigenvalue weighted by atomic mass is 10.1. The van der Waals surface area contributed by atoms with Crippen molar-refractivity contribution in [3.05, 3.63) is 109 Å². The molecule has 1 fully saturated rings. The van der Waals surface area contributed by atoms with Crippen LogP contribution in [0.5, 0.6) is 0 Å². The van der Waals surface area contributed by atoms with Crippen molar-refractivity contribution in [3.63, 3.8) is 0 Å². The SMILES string of the molecule is CC/C=C\C/C=C\C/C=C\C/C=C\CCCCCCC(=O)OC[C@H](COP(=O)(O)OC[C@H](N)C(=O)O)OC(=O)CC/C=C\C/C=C\C/C=C\C/C=C\CC1OC1C/C=C\CC. The molecule has 1 rings (SSSR count). The highest BCUT2D eigenvalue weighted by atomic mass is 31.2. The number of allylic oxidation sites excluding steroid dienone is 16. The Bertz CT molecular complexity index is 1510. The molecule has 12 nitrogen and oxygen atoms in total. The minimum Gasteiger partial charge on any atom is -0.480 e. The van der Waals surface area contributed by atoms with E-state index in [2.05, 4.69) is 110 Å². The van der Waals surface area contributed by atoms with Crippen LogP contribution >= 0.6 is 7.82 Å². The fraction of sp³-hybridized carbons (Fsp3) is 0.562. The maximum Gasteiger partial charge on any atom is 0.472 e. The fourth-order valence-corrected chi connectivity index (χ4v) is 6.19. The number of carboxylic acid groups (broad SMARTS) is 1. The Kier molecular flexibility index (Phi) is 34.2. The van der Waals surface area contributed by atoms with Crippen molar-refractivity contribution in [3.8, 4) is 0 Å². The number of epoxide rings is 1. The number of rotatable bonds is 38. The fourth-order valence-electron chi connectivity index (χ4n) is 5.42. The van der Waals surface area contributed by atoms with E-state index < -0.39 is 57.7 Å². The van der Waals surface area contributed by atoms with Crippen molar-refractivity contribution in [2.75, 3.05) is 19.8 Å². The average molecular weight is 872 g/mol. The van der Waals surface area contributed by atoms with Gasteiger partial charge in [-0.05, 0) is 89.9 Å². The number of carboxylic acids is 1. The van der Waals surface area contributed by atoms with Gasteiger partial charge in [0, 0.05) is 12.8 Å². The maximum absolute atomic E-state index is 12.6. The highest BCUT2D eigenvalue weighted by Gasteiger charge is 2.36. The van der Waals surface area contributed by atoms with Crippen molar-refractivity contribution in [1.29, 1.82) is 0 Å². The van der Waals surface area contributed by atoms with Crippen LogP contribution in [0, 0.1) is 0 Å². The minimum atomic E-state index is -4.76. The molecule has 3 unspecified atom stereocenters. The molecule has 0 bridgehead atoms. The molecule has 61 heavy (non-hydrogen) atoms. The van der Waals surface area contributed by atoms with E-state index in [-0.39, 0.29) is 12.8 Å². The van der Waals surface area contributed by atoms with Gasteiger partial charge in [0.25, 0.3) is 0 Å². The number of carbonyl (C=O) groups is 3. The topological polar surface area (TPSA) is 184 Å². The molecule has 0 aromatic rings. The van der Waals surface area contributed by atoms with E-state index in [4.69, 9.17) is 29.6 Å². The zero-order valence-electron chi connectivity index (χ0n) is 36.6. The number of hydrogen-bond donors (Lipinski definition) is 3. The number of unbranched alkanes of at least 4 members (excludes halogenated alkanes) is 4. The van der Waals surface area contributed by atoms with Crippen LogP contribution in [0.25, 0.3) is 0 Å². The van der Waals surface area contributed by atoms with E-state index in [1.165, 1.54) is 0 Å². The smallest absolute Gasteiger partial charge is 0.472 e. The number of esters is 2. The number of phosphoric ester groups is 1. The highest BCUT2D eigenvalue weighted by molar-refractivity contribution is 7.47. The van der Waals surface area contributed by atoms with Gasteiger partial charge in [0.15, 0.2) is 6.10 Å². The van der Waals surface area contributed by atoms with Gasteiger partial charge >= 0.3 is 25.7 Å². The Morgan fingerprint density at radius 1 is 0.590 bits per heavy atom. The lowest BCUT2D eigenvalue weighted by Gasteiger charge is -2.20. The van der Waals surface area contributed by atoms with Crippen molar-refractivity contribution in [2.45, 2.75) is 154 Å². The third-order valence-electron chi connectivity index (χ3n) is 8.93. The summed E-state index contributed by atoms with van der Waals surface area (Å²) in [6.45, 7) is 2.44. The van der Waals surface area contributed by atoms with Crippen LogP contribution in [-0.4, -0.2) is 72.1 Å². The third kappa shape index (κ3) is 35.4. The van der Waals surface area contributed by atoms with Crippen LogP contribution in [0.1, 0.15) is 129 Å². The molecule has 13 heteroatoms. The Labute approximate surface area is 365 Å². The van der Waals surface area contributed by atoms with Crippen LogP contribution in [-0.2, 0) is 42.2 Å². The van der Waals surface area contributed by atoms with E-state index in [0.717, 1.165) is 83.5 Å². The Hall–Kier alpha value is -3.90. The van der Waals surface area contributed by atoms with Crippen molar-refractivity contribution in [1.82, 2.24) is 0 Å². The molecule has 1 saturated heterocycles. The monoisotopic (exact) mass is 871 g/mol. The molecular formula is C48H74NO11P. The van der Waals surface area contributed by atoms with Crippen LogP contribution in [0.3, 0.4) is 0 Å². The summed E-state index contributed by atoms with van der Waals surface area (Å²) < 4.78 is 38.3. The summed E-state index contributed by atoms with van der Waals surface area (Å²) in [4.78, 5) is 46.0. The second-order valence-electron chi connectivity index (χ2n) is 14.4. The minimum absolute atomic E-state index is 0.0199. The largest absolute Gasteiger partial charge is 0.480 e. The predicted octanol–water partition coefficient (Wildman–Crippen LogP) is 10.8. The van der Waals surface area contributed by atoms with Crippen LogP contribution in [0.2, 0.25) is 0 Å². The van der Waals surface area contributed by atoms with E-state index in [1.54, 1.807) is 0 Å². The second kappa shape index (κ2) is 37.8. The standard InChI is InChI=1S/C48H74NO11P/c1-3-5-7-8-9-10-11-12-13-14-15-16-20-23-26-29-33-37-46(50)56-39-42(40-57-61(54,55)58-41-43(49)48(52)53)59-47(51)38-34-30-27-24-21-18-17-19-22-25-28-32-36-45-44(60-45)35-31-6-4-2/h5-7,9-10,12-13,15-16,18-19,21-22,27-28,30-32,42-45H,3-4,8,11,14,17,20,23-26,29,33-41,49H2,1-2H3,(H,52,53)(H,54,55)/b7-5-,10-9-,13-12-,16-15-,21-18-,22-19-,30-27-,31-6-,32-28-/t42-,43+,44?,45?/m1/s1. The summed E-state index contributed by atoms with van der Waals surface area (Å²) in [6.07, 6.45) is 52.1. The van der Waals surface area contributed by atoms with Crippen molar-refractivity contribution >= 4 is 25.7 Å². The van der Waals surface area contributed by atoms with Crippen LogP contribution in [0.4, 0.5) is 0 Å². The molecule has 0 aromatic carbocycles. The second-order valence-corrected chi connectivity index (χ2v) is 15.9. The van der Waals surface area contributed by atoms with Gasteiger partial charge in [-0.1, -0.05) is 136 Å².